The monoisotopic (exact) mass is 255 g/mol. The molecule has 0 fully saturated rings. The van der Waals surface area contributed by atoms with Crippen LogP contribution in [0.1, 0.15) is 41.9 Å². The number of anilines is 1. The van der Waals surface area contributed by atoms with Crippen LogP contribution in [0.25, 0.3) is 0 Å². The van der Waals surface area contributed by atoms with Gasteiger partial charge >= 0.3 is 5.97 Å². The lowest BCUT2D eigenvalue weighted by molar-refractivity contribution is -0.119. The van der Waals surface area contributed by atoms with Crippen molar-refractivity contribution < 1.29 is 14.7 Å². The van der Waals surface area contributed by atoms with Crippen LogP contribution in [0.5, 0.6) is 0 Å². The van der Waals surface area contributed by atoms with Gasteiger partial charge in [0.05, 0.1) is 5.69 Å². The standard InChI is InChI=1S/C12H17NO3S/c1-4-5-7(2)11(14)13-9-8(3)6-17-10(9)12(15)16/h6-7H,4-5H2,1-3H3,(H,13,14)(H,15,16). The molecule has 1 heterocycles. The molecule has 1 aromatic rings. The maximum atomic E-state index is 11.8. The highest BCUT2D eigenvalue weighted by molar-refractivity contribution is 7.12. The molecule has 2 N–H and O–H groups in total. The number of aromatic carboxylic acids is 1. The highest BCUT2D eigenvalue weighted by atomic mass is 32.1. The van der Waals surface area contributed by atoms with Crippen LogP contribution < -0.4 is 5.32 Å². The molecule has 17 heavy (non-hydrogen) atoms. The molecule has 1 aromatic heterocycles. The fraction of sp³-hybridized carbons (Fsp3) is 0.500. The Morgan fingerprint density at radius 1 is 1.53 bits per heavy atom. The molecule has 1 unspecified atom stereocenters. The van der Waals surface area contributed by atoms with Gasteiger partial charge in [-0.2, -0.15) is 0 Å². The smallest absolute Gasteiger partial charge is 0.348 e. The lowest BCUT2D eigenvalue weighted by Gasteiger charge is -2.11. The van der Waals surface area contributed by atoms with Gasteiger partial charge in [-0.1, -0.05) is 20.3 Å². The van der Waals surface area contributed by atoms with Crippen LogP contribution in [-0.4, -0.2) is 17.0 Å². The second-order valence-corrected chi connectivity index (χ2v) is 4.99. The number of amides is 1. The maximum absolute atomic E-state index is 11.8. The van der Waals surface area contributed by atoms with Crippen LogP contribution in [0.3, 0.4) is 0 Å². The number of hydrogen-bond acceptors (Lipinski definition) is 3. The Kier molecular flexibility index (Phi) is 4.69. The number of aryl methyl sites for hydroxylation is 1. The predicted molar refractivity (Wildman–Crippen MR) is 68.7 cm³/mol. The van der Waals surface area contributed by atoms with E-state index in [4.69, 9.17) is 5.11 Å². The molecule has 1 atom stereocenters. The lowest BCUT2D eigenvalue weighted by Crippen LogP contribution is -2.21. The van der Waals surface area contributed by atoms with Crippen molar-refractivity contribution in [1.29, 1.82) is 0 Å². The van der Waals surface area contributed by atoms with E-state index in [0.717, 1.165) is 29.7 Å². The first-order valence-electron chi connectivity index (χ1n) is 5.59. The molecule has 94 valence electrons. The second-order valence-electron chi connectivity index (χ2n) is 4.11. The summed E-state index contributed by atoms with van der Waals surface area (Å²) in [6.45, 7) is 5.66. The SMILES string of the molecule is CCCC(C)C(=O)Nc1c(C)csc1C(=O)O. The average molecular weight is 255 g/mol. The molecule has 4 nitrogen and oxygen atoms in total. The van der Waals surface area contributed by atoms with Gasteiger partial charge in [0.2, 0.25) is 5.91 Å². The van der Waals surface area contributed by atoms with Crippen molar-refractivity contribution in [2.24, 2.45) is 5.92 Å². The van der Waals surface area contributed by atoms with Crippen molar-refractivity contribution in [3.63, 3.8) is 0 Å². The van der Waals surface area contributed by atoms with E-state index in [2.05, 4.69) is 5.32 Å². The van der Waals surface area contributed by atoms with Crippen molar-refractivity contribution in [3.8, 4) is 0 Å². The van der Waals surface area contributed by atoms with E-state index in [1.807, 2.05) is 13.8 Å². The first-order chi connectivity index (χ1) is 7.97. The highest BCUT2D eigenvalue weighted by Gasteiger charge is 2.19. The second kappa shape index (κ2) is 5.82. The largest absolute Gasteiger partial charge is 0.477 e. The minimum Gasteiger partial charge on any atom is -0.477 e. The number of thiophene rings is 1. The van der Waals surface area contributed by atoms with Crippen molar-refractivity contribution in [1.82, 2.24) is 0 Å². The summed E-state index contributed by atoms with van der Waals surface area (Å²) in [6.07, 6.45) is 1.74. The summed E-state index contributed by atoms with van der Waals surface area (Å²) in [5.74, 6) is -1.21. The Labute approximate surface area is 105 Å². The zero-order valence-electron chi connectivity index (χ0n) is 10.2. The molecule has 0 bridgehead atoms. The molecule has 0 aliphatic rings. The van der Waals surface area contributed by atoms with Gasteiger partial charge in [-0.15, -0.1) is 11.3 Å². The third-order valence-corrected chi connectivity index (χ3v) is 3.67. The summed E-state index contributed by atoms with van der Waals surface area (Å²) >= 11 is 1.14. The third kappa shape index (κ3) is 3.30. The molecular weight excluding hydrogens is 238 g/mol. The van der Waals surface area contributed by atoms with E-state index in [9.17, 15) is 9.59 Å². The van der Waals surface area contributed by atoms with Crippen LogP contribution in [0.2, 0.25) is 0 Å². The highest BCUT2D eigenvalue weighted by Crippen LogP contribution is 2.28. The van der Waals surface area contributed by atoms with Gasteiger partial charge < -0.3 is 10.4 Å². The van der Waals surface area contributed by atoms with E-state index in [0.29, 0.717) is 5.69 Å². The normalized spacial score (nSPS) is 12.2. The Hall–Kier alpha value is -1.36. The van der Waals surface area contributed by atoms with E-state index in [-0.39, 0.29) is 16.7 Å². The number of hydrogen-bond donors (Lipinski definition) is 2. The average Bonchev–Trinajstić information content (AvgIpc) is 2.61. The van der Waals surface area contributed by atoms with Gasteiger partial charge in [-0.05, 0) is 24.3 Å². The van der Waals surface area contributed by atoms with E-state index in [1.54, 1.807) is 12.3 Å². The number of carbonyl (C=O) groups excluding carboxylic acids is 1. The fourth-order valence-electron chi connectivity index (χ4n) is 1.57. The molecule has 0 saturated carbocycles. The Balaban J connectivity index is 2.84. The molecule has 0 saturated heterocycles. The molecule has 0 aliphatic carbocycles. The van der Waals surface area contributed by atoms with Crippen LogP contribution in [0, 0.1) is 12.8 Å². The van der Waals surface area contributed by atoms with Crippen molar-refractivity contribution in [3.05, 3.63) is 15.8 Å². The number of carboxylic acids is 1. The maximum Gasteiger partial charge on any atom is 0.348 e. The molecule has 0 radical (unpaired) electrons. The van der Waals surface area contributed by atoms with Gasteiger partial charge in [0.1, 0.15) is 4.88 Å². The van der Waals surface area contributed by atoms with Crippen molar-refractivity contribution >= 4 is 28.9 Å². The Bertz CT molecular complexity index is 425. The summed E-state index contributed by atoms with van der Waals surface area (Å²) in [5.41, 5.74) is 1.24. The Morgan fingerprint density at radius 2 is 2.18 bits per heavy atom. The summed E-state index contributed by atoms with van der Waals surface area (Å²) in [4.78, 5) is 23.0. The number of nitrogens with one attached hydrogen (secondary N) is 1. The molecule has 5 heteroatoms. The zero-order chi connectivity index (χ0) is 13.0. The van der Waals surface area contributed by atoms with Gasteiger partial charge in [0.25, 0.3) is 0 Å². The summed E-state index contributed by atoms with van der Waals surface area (Å²) in [5, 5.41) is 13.4. The van der Waals surface area contributed by atoms with Gasteiger partial charge in [0, 0.05) is 5.92 Å². The van der Waals surface area contributed by atoms with Crippen molar-refractivity contribution in [2.75, 3.05) is 5.32 Å². The Morgan fingerprint density at radius 3 is 2.71 bits per heavy atom. The van der Waals surface area contributed by atoms with Crippen molar-refractivity contribution in [2.45, 2.75) is 33.6 Å². The third-order valence-electron chi connectivity index (χ3n) is 2.59. The van der Waals surface area contributed by atoms with Gasteiger partial charge in [-0.3, -0.25) is 4.79 Å². The van der Waals surface area contributed by atoms with Crippen LogP contribution in [-0.2, 0) is 4.79 Å². The minimum absolute atomic E-state index is 0.0963. The zero-order valence-corrected chi connectivity index (χ0v) is 11.1. The van der Waals surface area contributed by atoms with E-state index < -0.39 is 5.97 Å². The quantitative estimate of drug-likeness (QED) is 0.849. The number of carboxylic acid groups (broad SMARTS) is 1. The molecule has 0 aliphatic heterocycles. The lowest BCUT2D eigenvalue weighted by atomic mass is 10.1. The molecule has 0 aromatic carbocycles. The molecule has 0 spiro atoms. The number of carbonyl (C=O) groups is 2. The topological polar surface area (TPSA) is 66.4 Å². The van der Waals surface area contributed by atoms with Crippen LogP contribution in [0.15, 0.2) is 5.38 Å². The molecule has 1 amide bonds. The summed E-state index contributed by atoms with van der Waals surface area (Å²) in [6, 6.07) is 0. The van der Waals surface area contributed by atoms with E-state index in [1.165, 1.54) is 0 Å². The van der Waals surface area contributed by atoms with Gasteiger partial charge in [0.15, 0.2) is 0 Å². The van der Waals surface area contributed by atoms with Gasteiger partial charge in [-0.25, -0.2) is 4.79 Å². The van der Waals surface area contributed by atoms with E-state index >= 15 is 0 Å². The molecular formula is C12H17NO3S. The first kappa shape index (κ1) is 13.7. The first-order valence-corrected chi connectivity index (χ1v) is 6.47. The fourth-order valence-corrected chi connectivity index (χ4v) is 2.41. The predicted octanol–water partition coefficient (Wildman–Crippen LogP) is 3.13. The minimum atomic E-state index is -0.999. The molecule has 1 rings (SSSR count). The summed E-state index contributed by atoms with van der Waals surface area (Å²) in [7, 11) is 0. The van der Waals surface area contributed by atoms with Crippen LogP contribution in [0.4, 0.5) is 5.69 Å². The van der Waals surface area contributed by atoms with Crippen LogP contribution >= 0.6 is 11.3 Å². The summed E-state index contributed by atoms with van der Waals surface area (Å²) < 4.78 is 0. The number of rotatable bonds is 5.